The summed E-state index contributed by atoms with van der Waals surface area (Å²) in [6, 6.07) is 0.749. The summed E-state index contributed by atoms with van der Waals surface area (Å²) in [6.07, 6.45) is 4.21. The van der Waals surface area contributed by atoms with Gasteiger partial charge in [-0.1, -0.05) is 6.92 Å². The highest BCUT2D eigenvalue weighted by Gasteiger charge is 2.25. The molecule has 2 rings (SSSR count). The molecular weight excluding hydrogens is 226 g/mol. The fourth-order valence-corrected chi connectivity index (χ4v) is 2.82. The van der Waals surface area contributed by atoms with Crippen LogP contribution in [0.1, 0.15) is 45.5 Å². The van der Waals surface area contributed by atoms with Crippen molar-refractivity contribution in [2.75, 3.05) is 19.6 Å². The predicted molar refractivity (Wildman–Crippen MR) is 72.2 cm³/mol. The minimum atomic E-state index is 0.236. The van der Waals surface area contributed by atoms with E-state index in [-0.39, 0.29) is 6.04 Å². The summed E-state index contributed by atoms with van der Waals surface area (Å²) in [7, 11) is 0. The molecule has 0 aliphatic carbocycles. The zero-order chi connectivity index (χ0) is 13.0. The van der Waals surface area contributed by atoms with E-state index in [1.807, 2.05) is 0 Å². The number of H-pyrrole nitrogens is 1. The van der Waals surface area contributed by atoms with Gasteiger partial charge in [0.2, 0.25) is 0 Å². The lowest BCUT2D eigenvalue weighted by atomic mass is 9.91. The van der Waals surface area contributed by atoms with Gasteiger partial charge < -0.3 is 10.2 Å². The number of rotatable bonds is 5. The molecule has 0 radical (unpaired) electrons. The zero-order valence-electron chi connectivity index (χ0n) is 11.7. The molecule has 0 spiro atoms. The van der Waals surface area contributed by atoms with Crippen LogP contribution in [-0.4, -0.2) is 45.8 Å². The highest BCUT2D eigenvalue weighted by atomic mass is 15.2. The van der Waals surface area contributed by atoms with E-state index in [0.717, 1.165) is 11.7 Å². The Balaban J connectivity index is 1.85. The van der Waals surface area contributed by atoms with Gasteiger partial charge in [0.15, 0.2) is 0 Å². The van der Waals surface area contributed by atoms with Crippen molar-refractivity contribution in [3.8, 4) is 0 Å². The summed E-state index contributed by atoms with van der Waals surface area (Å²) < 4.78 is 0. The molecule has 3 unspecified atom stereocenters. The summed E-state index contributed by atoms with van der Waals surface area (Å²) in [5.41, 5.74) is 0. The molecule has 0 bridgehead atoms. The first-order chi connectivity index (χ1) is 8.70. The summed E-state index contributed by atoms with van der Waals surface area (Å²) >= 11 is 0. The maximum absolute atomic E-state index is 4.21. The Morgan fingerprint density at radius 1 is 1.56 bits per heavy atom. The molecule has 2 heterocycles. The van der Waals surface area contributed by atoms with Crippen molar-refractivity contribution in [2.45, 2.75) is 45.7 Å². The molecule has 2 N–H and O–H groups in total. The minimum absolute atomic E-state index is 0.236. The van der Waals surface area contributed by atoms with Crippen LogP contribution in [0.4, 0.5) is 0 Å². The van der Waals surface area contributed by atoms with E-state index in [0.29, 0.717) is 6.04 Å². The van der Waals surface area contributed by atoms with E-state index in [9.17, 15) is 0 Å². The molecular formula is C13H25N5. The number of hydrogen-bond donors (Lipinski definition) is 2. The number of nitrogens with zero attached hydrogens (tertiary/aromatic N) is 3. The molecule has 18 heavy (non-hydrogen) atoms. The monoisotopic (exact) mass is 251 g/mol. The van der Waals surface area contributed by atoms with Crippen LogP contribution in [0, 0.1) is 5.92 Å². The number of aromatic amines is 1. The van der Waals surface area contributed by atoms with E-state index < -0.39 is 0 Å². The number of aromatic nitrogens is 3. The normalized spacial score (nSPS) is 24.9. The Morgan fingerprint density at radius 3 is 3.06 bits per heavy atom. The van der Waals surface area contributed by atoms with E-state index in [1.165, 1.54) is 32.5 Å². The van der Waals surface area contributed by atoms with Gasteiger partial charge in [0.1, 0.15) is 12.2 Å². The van der Waals surface area contributed by atoms with Gasteiger partial charge in [-0.25, -0.2) is 4.98 Å². The van der Waals surface area contributed by atoms with Gasteiger partial charge in [-0.15, -0.1) is 0 Å². The lowest BCUT2D eigenvalue weighted by Gasteiger charge is -2.36. The summed E-state index contributed by atoms with van der Waals surface area (Å²) in [6.45, 7) is 10.3. The van der Waals surface area contributed by atoms with Crippen LogP contribution in [0.25, 0.3) is 0 Å². The molecule has 1 aliphatic heterocycles. The lowest BCUT2D eigenvalue weighted by Crippen LogP contribution is -2.45. The van der Waals surface area contributed by atoms with Crippen molar-refractivity contribution >= 4 is 0 Å². The predicted octanol–water partition coefficient (Wildman–Crippen LogP) is 1.58. The highest BCUT2D eigenvalue weighted by Crippen LogP contribution is 2.21. The number of nitrogens with one attached hydrogen (secondary N) is 2. The first-order valence-corrected chi connectivity index (χ1v) is 7.04. The van der Waals surface area contributed by atoms with Crippen molar-refractivity contribution in [2.24, 2.45) is 5.92 Å². The van der Waals surface area contributed by atoms with Gasteiger partial charge in [-0.2, -0.15) is 5.10 Å². The molecule has 1 aromatic heterocycles. The van der Waals surface area contributed by atoms with Crippen molar-refractivity contribution in [3.63, 3.8) is 0 Å². The van der Waals surface area contributed by atoms with Crippen molar-refractivity contribution in [3.05, 3.63) is 12.2 Å². The van der Waals surface area contributed by atoms with E-state index in [1.54, 1.807) is 6.33 Å². The maximum Gasteiger partial charge on any atom is 0.141 e. The topological polar surface area (TPSA) is 56.8 Å². The van der Waals surface area contributed by atoms with Gasteiger partial charge in [0, 0.05) is 12.6 Å². The molecule has 0 aromatic carbocycles. The van der Waals surface area contributed by atoms with Crippen LogP contribution in [0.15, 0.2) is 6.33 Å². The Labute approximate surface area is 109 Å². The van der Waals surface area contributed by atoms with Crippen LogP contribution in [-0.2, 0) is 0 Å². The first-order valence-electron chi connectivity index (χ1n) is 7.04. The maximum atomic E-state index is 4.21. The molecule has 0 amide bonds. The summed E-state index contributed by atoms with van der Waals surface area (Å²) in [4.78, 5) is 6.75. The van der Waals surface area contributed by atoms with Crippen LogP contribution < -0.4 is 5.32 Å². The van der Waals surface area contributed by atoms with E-state index >= 15 is 0 Å². The first kappa shape index (κ1) is 13.5. The lowest BCUT2D eigenvalue weighted by molar-refractivity contribution is 0.153. The molecule has 5 nitrogen and oxygen atoms in total. The molecule has 1 fully saturated rings. The summed E-state index contributed by atoms with van der Waals surface area (Å²) in [5, 5.41) is 10.5. The quantitative estimate of drug-likeness (QED) is 0.834. The standard InChI is InChI=1S/C13H25N5/c1-4-18-7-5-6-12(8-18)10(2)16-11(3)13-14-9-15-17-13/h9-12,16H,4-8H2,1-3H3,(H,14,15,17). The fourth-order valence-electron chi connectivity index (χ4n) is 2.82. The van der Waals surface area contributed by atoms with Crippen molar-refractivity contribution < 1.29 is 0 Å². The number of likely N-dealkylation sites (tertiary alicyclic amines) is 1. The Bertz CT molecular complexity index is 337. The van der Waals surface area contributed by atoms with Crippen LogP contribution in [0.3, 0.4) is 0 Å². The molecule has 1 saturated heterocycles. The Kier molecular flexibility index (Phi) is 4.72. The molecule has 5 heteroatoms. The largest absolute Gasteiger partial charge is 0.305 e. The van der Waals surface area contributed by atoms with Gasteiger partial charge in [-0.3, -0.25) is 5.10 Å². The van der Waals surface area contributed by atoms with Crippen LogP contribution in [0.5, 0.6) is 0 Å². The minimum Gasteiger partial charge on any atom is -0.305 e. The molecule has 1 aliphatic rings. The van der Waals surface area contributed by atoms with Crippen LogP contribution in [0.2, 0.25) is 0 Å². The average Bonchev–Trinajstić information content (AvgIpc) is 2.92. The number of piperidine rings is 1. The van der Waals surface area contributed by atoms with Gasteiger partial charge in [0.05, 0.1) is 6.04 Å². The van der Waals surface area contributed by atoms with Gasteiger partial charge in [-0.05, 0) is 45.7 Å². The zero-order valence-corrected chi connectivity index (χ0v) is 11.7. The highest BCUT2D eigenvalue weighted by molar-refractivity contribution is 4.91. The fraction of sp³-hybridized carbons (Fsp3) is 0.846. The average molecular weight is 251 g/mol. The molecule has 0 saturated carbocycles. The molecule has 1 aromatic rings. The molecule has 3 atom stereocenters. The smallest absolute Gasteiger partial charge is 0.141 e. The third kappa shape index (κ3) is 3.29. The van der Waals surface area contributed by atoms with E-state index in [4.69, 9.17) is 0 Å². The Morgan fingerprint density at radius 2 is 2.39 bits per heavy atom. The third-order valence-corrected chi connectivity index (χ3v) is 4.05. The van der Waals surface area contributed by atoms with Crippen LogP contribution >= 0.6 is 0 Å². The second-order valence-electron chi connectivity index (χ2n) is 5.34. The SMILES string of the molecule is CCN1CCCC(C(C)NC(C)c2ncn[nH]2)C1. The van der Waals surface area contributed by atoms with Gasteiger partial charge in [0.25, 0.3) is 0 Å². The number of hydrogen-bond acceptors (Lipinski definition) is 4. The Hall–Kier alpha value is -0.940. The molecule has 102 valence electrons. The van der Waals surface area contributed by atoms with E-state index in [2.05, 4.69) is 46.2 Å². The third-order valence-electron chi connectivity index (χ3n) is 4.05. The van der Waals surface area contributed by atoms with Crippen molar-refractivity contribution in [1.29, 1.82) is 0 Å². The second kappa shape index (κ2) is 6.29. The summed E-state index contributed by atoms with van der Waals surface area (Å²) in [5.74, 6) is 1.66. The van der Waals surface area contributed by atoms with Gasteiger partial charge >= 0.3 is 0 Å². The van der Waals surface area contributed by atoms with Crippen molar-refractivity contribution in [1.82, 2.24) is 25.4 Å². The second-order valence-corrected chi connectivity index (χ2v) is 5.34.